The first-order chi connectivity index (χ1) is 10.6. The van der Waals surface area contributed by atoms with Gasteiger partial charge in [0, 0.05) is 51.4 Å². The van der Waals surface area contributed by atoms with Gasteiger partial charge < -0.3 is 10.2 Å². The van der Waals surface area contributed by atoms with E-state index in [0.29, 0.717) is 5.91 Å². The first kappa shape index (κ1) is 22.0. The van der Waals surface area contributed by atoms with Crippen molar-refractivity contribution >= 4 is 30.7 Å². The van der Waals surface area contributed by atoms with Crippen LogP contribution in [0.5, 0.6) is 0 Å². The van der Waals surface area contributed by atoms with Crippen LogP contribution in [0.3, 0.4) is 0 Å². The number of carbonyl (C=O) groups is 1. The quantitative estimate of drug-likeness (QED) is 0.803. The smallest absolute Gasteiger partial charge is 0.239 e. The van der Waals surface area contributed by atoms with Crippen LogP contribution < -0.4 is 5.32 Å². The van der Waals surface area contributed by atoms with Crippen molar-refractivity contribution in [1.29, 1.82) is 0 Å². The standard InChI is InChI=1S/C17H32N4O.2ClH/c1-14-5-6-15(2)21(14)13-10-19-8-11-20(12-9-19)17(22)16-4-3-7-18-16;;/h14-16,18H,3-13H2,1-2H3;2*1H. The van der Waals surface area contributed by atoms with Gasteiger partial charge in [-0.3, -0.25) is 14.6 Å². The SMILES string of the molecule is CC1CCC(C)N1CCN1CCN(C(=O)C2CCCN2)CC1.Cl.Cl. The molecular formula is C17H34Cl2N4O. The molecule has 0 spiro atoms. The van der Waals surface area contributed by atoms with E-state index in [1.54, 1.807) is 0 Å². The van der Waals surface area contributed by atoms with Gasteiger partial charge in [0.25, 0.3) is 0 Å². The zero-order chi connectivity index (χ0) is 15.5. The van der Waals surface area contributed by atoms with Crippen LogP contribution in [0.2, 0.25) is 0 Å². The minimum absolute atomic E-state index is 0. The van der Waals surface area contributed by atoms with Crippen LogP contribution in [0.1, 0.15) is 39.5 Å². The van der Waals surface area contributed by atoms with Gasteiger partial charge in [-0.15, -0.1) is 24.8 Å². The lowest BCUT2D eigenvalue weighted by molar-refractivity contribution is -0.134. The zero-order valence-corrected chi connectivity index (χ0v) is 16.7. The summed E-state index contributed by atoms with van der Waals surface area (Å²) in [6, 6.07) is 1.58. The lowest BCUT2D eigenvalue weighted by Crippen LogP contribution is -2.54. The van der Waals surface area contributed by atoms with Gasteiger partial charge in [0.2, 0.25) is 5.91 Å². The van der Waals surface area contributed by atoms with Crippen molar-refractivity contribution in [3.8, 4) is 0 Å². The van der Waals surface area contributed by atoms with E-state index in [2.05, 4.69) is 33.9 Å². The summed E-state index contributed by atoms with van der Waals surface area (Å²) < 4.78 is 0. The summed E-state index contributed by atoms with van der Waals surface area (Å²) in [5.41, 5.74) is 0. The third-order valence-electron chi connectivity index (χ3n) is 5.85. The normalized spacial score (nSPS) is 31.6. The Hall–Kier alpha value is -0.0700. The number of hydrogen-bond acceptors (Lipinski definition) is 4. The Kier molecular flexibility index (Phi) is 9.31. The third kappa shape index (κ3) is 5.21. The van der Waals surface area contributed by atoms with Gasteiger partial charge >= 0.3 is 0 Å². The van der Waals surface area contributed by atoms with Gasteiger partial charge in [-0.1, -0.05) is 0 Å². The molecule has 3 aliphatic rings. The number of amides is 1. The molecule has 0 bridgehead atoms. The average molecular weight is 381 g/mol. The molecule has 0 saturated carbocycles. The Morgan fingerprint density at radius 1 is 0.958 bits per heavy atom. The summed E-state index contributed by atoms with van der Waals surface area (Å²) in [5, 5.41) is 3.33. The number of piperazine rings is 1. The molecule has 3 rings (SSSR count). The summed E-state index contributed by atoms with van der Waals surface area (Å²) in [6.07, 6.45) is 4.85. The second-order valence-electron chi connectivity index (χ2n) is 7.33. The fourth-order valence-electron chi connectivity index (χ4n) is 4.25. The van der Waals surface area contributed by atoms with Crippen LogP contribution in [0, 0.1) is 0 Å². The molecule has 3 aliphatic heterocycles. The number of carbonyl (C=O) groups excluding carboxylic acids is 1. The molecule has 1 N–H and O–H groups in total. The Morgan fingerprint density at radius 2 is 1.58 bits per heavy atom. The monoisotopic (exact) mass is 380 g/mol. The Morgan fingerprint density at radius 3 is 2.12 bits per heavy atom. The van der Waals surface area contributed by atoms with Gasteiger partial charge in [-0.25, -0.2) is 0 Å². The van der Waals surface area contributed by atoms with Gasteiger partial charge in [-0.05, 0) is 46.1 Å². The summed E-state index contributed by atoms with van der Waals surface area (Å²) in [7, 11) is 0. The van der Waals surface area contributed by atoms with E-state index >= 15 is 0 Å². The second kappa shape index (κ2) is 10.2. The fourth-order valence-corrected chi connectivity index (χ4v) is 4.25. The van der Waals surface area contributed by atoms with Crippen molar-refractivity contribution < 1.29 is 4.79 Å². The highest BCUT2D eigenvalue weighted by Gasteiger charge is 2.30. The van der Waals surface area contributed by atoms with Crippen molar-refractivity contribution in [1.82, 2.24) is 20.0 Å². The number of rotatable bonds is 4. The van der Waals surface area contributed by atoms with Gasteiger partial charge in [0.15, 0.2) is 0 Å². The highest BCUT2D eigenvalue weighted by molar-refractivity contribution is 5.85. The molecule has 142 valence electrons. The van der Waals surface area contributed by atoms with Crippen LogP contribution in [0.15, 0.2) is 0 Å². The van der Waals surface area contributed by atoms with E-state index in [1.165, 1.54) is 19.4 Å². The van der Waals surface area contributed by atoms with Gasteiger partial charge in [0.05, 0.1) is 6.04 Å². The molecule has 0 aliphatic carbocycles. The number of halogens is 2. The summed E-state index contributed by atoms with van der Waals surface area (Å²) in [6.45, 7) is 11.9. The molecule has 3 heterocycles. The highest BCUT2D eigenvalue weighted by Crippen LogP contribution is 2.23. The average Bonchev–Trinajstić information content (AvgIpc) is 3.17. The molecule has 7 heteroatoms. The topological polar surface area (TPSA) is 38.8 Å². The third-order valence-corrected chi connectivity index (χ3v) is 5.85. The fraction of sp³-hybridized carbons (Fsp3) is 0.941. The van der Waals surface area contributed by atoms with Crippen molar-refractivity contribution in [2.24, 2.45) is 0 Å². The molecule has 3 atom stereocenters. The van der Waals surface area contributed by atoms with E-state index in [4.69, 9.17) is 0 Å². The van der Waals surface area contributed by atoms with Crippen LogP contribution >= 0.6 is 24.8 Å². The molecule has 3 fully saturated rings. The van der Waals surface area contributed by atoms with Gasteiger partial charge in [-0.2, -0.15) is 0 Å². The first-order valence-corrected chi connectivity index (χ1v) is 9.15. The van der Waals surface area contributed by atoms with Crippen molar-refractivity contribution in [3.05, 3.63) is 0 Å². The minimum atomic E-state index is 0. The van der Waals surface area contributed by atoms with Crippen LogP contribution in [0.25, 0.3) is 0 Å². The number of nitrogens with zero attached hydrogens (tertiary/aromatic N) is 3. The molecule has 24 heavy (non-hydrogen) atoms. The highest BCUT2D eigenvalue weighted by atomic mass is 35.5. The Labute approximate surface area is 159 Å². The summed E-state index contributed by atoms with van der Waals surface area (Å²) >= 11 is 0. The van der Waals surface area contributed by atoms with E-state index in [1.807, 2.05) is 0 Å². The van der Waals surface area contributed by atoms with Gasteiger partial charge in [0.1, 0.15) is 0 Å². The molecule has 0 aromatic rings. The van der Waals surface area contributed by atoms with Crippen LogP contribution in [0.4, 0.5) is 0 Å². The molecule has 1 amide bonds. The number of likely N-dealkylation sites (tertiary alicyclic amines) is 1. The first-order valence-electron chi connectivity index (χ1n) is 9.15. The molecule has 3 saturated heterocycles. The van der Waals surface area contributed by atoms with Crippen LogP contribution in [-0.2, 0) is 4.79 Å². The summed E-state index contributed by atoms with van der Waals surface area (Å²) in [5.74, 6) is 0.332. The van der Waals surface area contributed by atoms with Crippen molar-refractivity contribution in [3.63, 3.8) is 0 Å². The van der Waals surface area contributed by atoms with Crippen molar-refractivity contribution in [2.45, 2.75) is 57.7 Å². The molecule has 5 nitrogen and oxygen atoms in total. The van der Waals surface area contributed by atoms with Crippen LogP contribution in [-0.4, -0.2) is 84.5 Å². The minimum Gasteiger partial charge on any atom is -0.339 e. The predicted octanol–water partition coefficient (Wildman–Crippen LogP) is 1.60. The number of hydrogen-bond donors (Lipinski definition) is 1. The molecule has 0 aromatic heterocycles. The Bertz CT molecular complexity index is 375. The van der Waals surface area contributed by atoms with E-state index in [-0.39, 0.29) is 30.9 Å². The lowest BCUT2D eigenvalue weighted by atomic mass is 10.2. The maximum Gasteiger partial charge on any atom is 0.239 e. The van der Waals surface area contributed by atoms with E-state index in [9.17, 15) is 4.79 Å². The van der Waals surface area contributed by atoms with Crippen molar-refractivity contribution in [2.75, 3.05) is 45.8 Å². The Balaban J connectivity index is 0.00000144. The largest absolute Gasteiger partial charge is 0.339 e. The zero-order valence-electron chi connectivity index (χ0n) is 15.1. The molecule has 0 radical (unpaired) electrons. The predicted molar refractivity (Wildman–Crippen MR) is 103 cm³/mol. The summed E-state index contributed by atoms with van der Waals surface area (Å²) in [4.78, 5) is 19.7. The molecular weight excluding hydrogens is 347 g/mol. The molecule has 3 unspecified atom stereocenters. The second-order valence-corrected chi connectivity index (χ2v) is 7.33. The van der Waals surface area contributed by atoms with E-state index < -0.39 is 0 Å². The maximum atomic E-state index is 12.4. The maximum absolute atomic E-state index is 12.4. The lowest BCUT2D eigenvalue weighted by Gasteiger charge is -2.37. The van der Waals surface area contributed by atoms with E-state index in [0.717, 1.165) is 64.2 Å². The molecule has 0 aromatic carbocycles. The number of nitrogens with one attached hydrogen (secondary N) is 1.